The molecule has 0 aromatic carbocycles. The molecule has 3 aliphatic rings. The molecule has 0 saturated carbocycles. The molecule has 0 radical (unpaired) electrons. The Labute approximate surface area is 121 Å². The van der Waals surface area contributed by atoms with Gasteiger partial charge in [-0.1, -0.05) is 0 Å². The summed E-state index contributed by atoms with van der Waals surface area (Å²) >= 11 is 0. The van der Waals surface area contributed by atoms with Crippen LogP contribution in [0.3, 0.4) is 0 Å². The van der Waals surface area contributed by atoms with Crippen molar-refractivity contribution in [2.75, 3.05) is 26.8 Å². The van der Waals surface area contributed by atoms with Crippen molar-refractivity contribution >= 4 is 5.91 Å². The van der Waals surface area contributed by atoms with E-state index in [-0.39, 0.29) is 11.9 Å². The number of piperidine rings is 1. The summed E-state index contributed by atoms with van der Waals surface area (Å²) in [5.41, 5.74) is 5.45. The molecule has 3 heterocycles. The van der Waals surface area contributed by atoms with Crippen molar-refractivity contribution in [1.29, 1.82) is 0 Å². The molecule has 20 heavy (non-hydrogen) atoms. The van der Waals surface area contributed by atoms with Crippen LogP contribution in [-0.2, 0) is 9.53 Å². The lowest BCUT2D eigenvalue weighted by molar-refractivity contribution is -0.131. The van der Waals surface area contributed by atoms with E-state index in [4.69, 9.17) is 10.5 Å². The van der Waals surface area contributed by atoms with Crippen molar-refractivity contribution in [2.24, 2.45) is 17.1 Å². The van der Waals surface area contributed by atoms with Gasteiger partial charge in [0.1, 0.15) is 0 Å². The minimum absolute atomic E-state index is 0.0637. The van der Waals surface area contributed by atoms with E-state index >= 15 is 0 Å². The number of nitrogens with zero attached hydrogens (tertiary/aromatic N) is 1. The first-order valence-corrected chi connectivity index (χ1v) is 7.84. The first kappa shape index (κ1) is 14.3. The molecular weight excluding hydrogens is 254 g/mol. The van der Waals surface area contributed by atoms with E-state index in [0.717, 1.165) is 18.6 Å². The van der Waals surface area contributed by atoms with Crippen LogP contribution in [0.2, 0.25) is 0 Å². The van der Waals surface area contributed by atoms with Crippen molar-refractivity contribution in [3.63, 3.8) is 0 Å². The maximum atomic E-state index is 12.4. The number of ether oxygens (including phenoxy) is 1. The fraction of sp³-hybridized carbons (Fsp3) is 0.933. The van der Waals surface area contributed by atoms with Crippen LogP contribution in [0.15, 0.2) is 0 Å². The molecule has 4 atom stereocenters. The molecule has 0 aromatic rings. The fourth-order valence-corrected chi connectivity index (χ4v) is 4.05. The Kier molecular flexibility index (Phi) is 3.77. The SMILES string of the molecule is CN1C2CCC1CC(CNC(=O)C1(C)COCC1N)C2. The van der Waals surface area contributed by atoms with Crippen molar-refractivity contribution in [3.05, 3.63) is 0 Å². The van der Waals surface area contributed by atoms with E-state index in [1.807, 2.05) is 6.92 Å². The van der Waals surface area contributed by atoms with Crippen LogP contribution in [0.4, 0.5) is 0 Å². The van der Waals surface area contributed by atoms with Gasteiger partial charge in [0.15, 0.2) is 0 Å². The molecule has 2 bridgehead atoms. The number of nitrogens with two attached hydrogens (primary N) is 1. The zero-order valence-electron chi connectivity index (χ0n) is 12.6. The predicted molar refractivity (Wildman–Crippen MR) is 77.2 cm³/mol. The lowest BCUT2D eigenvalue weighted by Gasteiger charge is -2.37. The molecule has 3 N–H and O–H groups in total. The van der Waals surface area contributed by atoms with E-state index in [2.05, 4.69) is 17.3 Å². The lowest BCUT2D eigenvalue weighted by Crippen LogP contribution is -2.51. The van der Waals surface area contributed by atoms with Crippen molar-refractivity contribution in [1.82, 2.24) is 10.2 Å². The second-order valence-electron chi connectivity index (χ2n) is 7.14. The quantitative estimate of drug-likeness (QED) is 0.783. The number of hydrogen-bond donors (Lipinski definition) is 2. The molecule has 3 fully saturated rings. The Morgan fingerprint density at radius 1 is 1.40 bits per heavy atom. The van der Waals surface area contributed by atoms with E-state index in [1.165, 1.54) is 25.7 Å². The zero-order chi connectivity index (χ0) is 14.3. The number of hydrogen-bond acceptors (Lipinski definition) is 4. The van der Waals surface area contributed by atoms with Gasteiger partial charge in [-0.25, -0.2) is 0 Å². The summed E-state index contributed by atoms with van der Waals surface area (Å²) in [7, 11) is 2.24. The van der Waals surface area contributed by atoms with Crippen LogP contribution in [0, 0.1) is 11.3 Å². The number of amides is 1. The molecule has 0 aromatic heterocycles. The third kappa shape index (κ3) is 2.36. The highest BCUT2D eigenvalue weighted by Gasteiger charge is 2.45. The van der Waals surface area contributed by atoms with E-state index in [1.54, 1.807) is 0 Å². The summed E-state index contributed by atoms with van der Waals surface area (Å²) in [6, 6.07) is 1.27. The maximum Gasteiger partial charge on any atom is 0.229 e. The van der Waals surface area contributed by atoms with Gasteiger partial charge in [-0.05, 0) is 45.6 Å². The van der Waals surface area contributed by atoms with Gasteiger partial charge in [0.25, 0.3) is 0 Å². The molecule has 4 unspecified atom stereocenters. The summed E-state index contributed by atoms with van der Waals surface area (Å²) in [4.78, 5) is 14.9. The minimum atomic E-state index is -0.551. The predicted octanol–water partition coefficient (Wildman–Crippen LogP) is 0.339. The van der Waals surface area contributed by atoms with Crippen LogP contribution in [0.1, 0.15) is 32.6 Å². The highest BCUT2D eigenvalue weighted by Crippen LogP contribution is 2.37. The molecule has 0 aliphatic carbocycles. The van der Waals surface area contributed by atoms with Gasteiger partial charge in [-0.3, -0.25) is 4.79 Å². The molecule has 3 saturated heterocycles. The number of carbonyl (C=O) groups excluding carboxylic acids is 1. The Hall–Kier alpha value is -0.650. The highest BCUT2D eigenvalue weighted by atomic mass is 16.5. The first-order chi connectivity index (χ1) is 9.50. The average molecular weight is 281 g/mol. The van der Waals surface area contributed by atoms with Gasteiger partial charge in [0, 0.05) is 24.7 Å². The Morgan fingerprint density at radius 2 is 2.05 bits per heavy atom. The van der Waals surface area contributed by atoms with Crippen LogP contribution < -0.4 is 11.1 Å². The Balaban J connectivity index is 1.52. The van der Waals surface area contributed by atoms with Crippen LogP contribution in [0.5, 0.6) is 0 Å². The third-order valence-electron chi connectivity index (χ3n) is 5.78. The number of rotatable bonds is 3. The second-order valence-corrected chi connectivity index (χ2v) is 7.14. The number of fused-ring (bicyclic) bond motifs is 2. The molecule has 0 spiro atoms. The van der Waals surface area contributed by atoms with E-state index < -0.39 is 5.41 Å². The van der Waals surface area contributed by atoms with Crippen molar-refractivity contribution < 1.29 is 9.53 Å². The second kappa shape index (κ2) is 5.28. The molecule has 3 rings (SSSR count). The highest BCUT2D eigenvalue weighted by molar-refractivity contribution is 5.83. The normalized spacial score (nSPS) is 44.8. The topological polar surface area (TPSA) is 67.6 Å². The first-order valence-electron chi connectivity index (χ1n) is 7.84. The lowest BCUT2D eigenvalue weighted by atomic mass is 9.84. The standard InChI is InChI=1S/C15H27N3O2/c1-15(9-20-8-13(15)16)14(19)17-7-10-5-11-3-4-12(6-10)18(11)2/h10-13H,3-9,16H2,1-2H3,(H,17,19). The summed E-state index contributed by atoms with van der Waals surface area (Å²) in [6.07, 6.45) is 5.07. The molecular formula is C15H27N3O2. The Bertz CT molecular complexity index is 375. The minimum Gasteiger partial charge on any atom is -0.379 e. The fourth-order valence-electron chi connectivity index (χ4n) is 4.05. The average Bonchev–Trinajstić information content (AvgIpc) is 2.85. The summed E-state index contributed by atoms with van der Waals surface area (Å²) < 4.78 is 5.35. The van der Waals surface area contributed by atoms with Crippen molar-refractivity contribution in [3.8, 4) is 0 Å². The smallest absolute Gasteiger partial charge is 0.229 e. The molecule has 114 valence electrons. The monoisotopic (exact) mass is 281 g/mol. The van der Waals surface area contributed by atoms with Gasteiger partial charge < -0.3 is 20.7 Å². The number of carbonyl (C=O) groups is 1. The van der Waals surface area contributed by atoms with Crippen LogP contribution >= 0.6 is 0 Å². The van der Waals surface area contributed by atoms with E-state index in [9.17, 15) is 4.79 Å². The van der Waals surface area contributed by atoms with Gasteiger partial charge in [-0.2, -0.15) is 0 Å². The maximum absolute atomic E-state index is 12.4. The third-order valence-corrected chi connectivity index (χ3v) is 5.78. The summed E-state index contributed by atoms with van der Waals surface area (Å²) in [5, 5.41) is 3.13. The summed E-state index contributed by atoms with van der Waals surface area (Å²) in [6.45, 7) is 3.64. The van der Waals surface area contributed by atoms with Gasteiger partial charge >= 0.3 is 0 Å². The molecule has 3 aliphatic heterocycles. The van der Waals surface area contributed by atoms with Gasteiger partial charge in [0.2, 0.25) is 5.91 Å². The van der Waals surface area contributed by atoms with Gasteiger partial charge in [0.05, 0.1) is 18.6 Å². The number of nitrogens with one attached hydrogen (secondary N) is 1. The van der Waals surface area contributed by atoms with Crippen LogP contribution in [-0.4, -0.2) is 55.7 Å². The van der Waals surface area contributed by atoms with E-state index in [0.29, 0.717) is 19.1 Å². The Morgan fingerprint density at radius 3 is 2.60 bits per heavy atom. The largest absolute Gasteiger partial charge is 0.379 e. The zero-order valence-corrected chi connectivity index (χ0v) is 12.6. The molecule has 5 heteroatoms. The van der Waals surface area contributed by atoms with Crippen molar-refractivity contribution in [2.45, 2.75) is 50.7 Å². The molecule has 5 nitrogen and oxygen atoms in total. The van der Waals surface area contributed by atoms with Gasteiger partial charge in [-0.15, -0.1) is 0 Å². The molecule has 1 amide bonds. The summed E-state index contributed by atoms with van der Waals surface area (Å²) in [5.74, 6) is 0.684. The van der Waals surface area contributed by atoms with Crippen LogP contribution in [0.25, 0.3) is 0 Å².